The Morgan fingerprint density at radius 2 is 1.67 bits per heavy atom. The Balaban J connectivity index is 1.98. The smallest absolute Gasteiger partial charge is 0.350 e. The first kappa shape index (κ1) is 23.4. The van der Waals surface area contributed by atoms with E-state index in [1.165, 1.54) is 24.3 Å². The normalized spacial score (nSPS) is 11.9. The number of halogens is 3. The number of alkyl halides is 3. The predicted molar refractivity (Wildman–Crippen MR) is 104 cm³/mol. The van der Waals surface area contributed by atoms with Crippen LogP contribution in [0.2, 0.25) is 0 Å². The van der Waals surface area contributed by atoms with E-state index in [9.17, 15) is 31.2 Å². The number of amides is 2. The van der Waals surface area contributed by atoms with Gasteiger partial charge in [0.1, 0.15) is 0 Å². The van der Waals surface area contributed by atoms with E-state index >= 15 is 0 Å². The highest BCUT2D eigenvalue weighted by atomic mass is 32.2. The molecule has 0 unspecified atom stereocenters. The highest BCUT2D eigenvalue weighted by molar-refractivity contribution is 7.89. The average molecular weight is 443 g/mol. The van der Waals surface area contributed by atoms with Crippen LogP contribution in [-0.4, -0.2) is 32.8 Å². The molecular formula is C19H20F3N3O4S. The topological polar surface area (TPSA) is 104 Å². The lowest BCUT2D eigenvalue weighted by atomic mass is 10.2. The SMILES string of the molecule is CC(C)NC(=O)c1ccc(NC(=O)CNS(=O)(=O)c2cccc(C(F)(F)F)c2)cc1. The fourth-order valence-electron chi connectivity index (χ4n) is 2.34. The van der Waals surface area contributed by atoms with E-state index in [0.29, 0.717) is 17.3 Å². The number of hydrogen-bond donors (Lipinski definition) is 3. The van der Waals surface area contributed by atoms with Crippen molar-refractivity contribution in [1.82, 2.24) is 10.0 Å². The number of rotatable bonds is 7. The highest BCUT2D eigenvalue weighted by Crippen LogP contribution is 2.30. The van der Waals surface area contributed by atoms with Crippen molar-refractivity contribution in [2.45, 2.75) is 31.0 Å². The first-order chi connectivity index (χ1) is 13.9. The van der Waals surface area contributed by atoms with E-state index in [1.54, 1.807) is 0 Å². The van der Waals surface area contributed by atoms with Crippen LogP contribution >= 0.6 is 0 Å². The quantitative estimate of drug-likeness (QED) is 0.612. The molecule has 0 aromatic heterocycles. The minimum atomic E-state index is -4.69. The molecule has 0 aliphatic rings. The zero-order chi connectivity index (χ0) is 22.5. The Morgan fingerprint density at radius 1 is 1.03 bits per heavy atom. The van der Waals surface area contributed by atoms with E-state index in [2.05, 4.69) is 10.6 Å². The number of hydrogen-bond acceptors (Lipinski definition) is 4. The molecule has 0 aliphatic carbocycles. The summed E-state index contributed by atoms with van der Waals surface area (Å²) in [7, 11) is -4.32. The third-order valence-corrected chi connectivity index (χ3v) is 5.14. The van der Waals surface area contributed by atoms with Gasteiger partial charge in [0.05, 0.1) is 17.0 Å². The average Bonchev–Trinajstić information content (AvgIpc) is 2.66. The van der Waals surface area contributed by atoms with Gasteiger partial charge in [-0.15, -0.1) is 0 Å². The van der Waals surface area contributed by atoms with Gasteiger partial charge in [0.2, 0.25) is 15.9 Å². The third kappa shape index (κ3) is 6.56. The second kappa shape index (κ2) is 9.26. The van der Waals surface area contributed by atoms with Gasteiger partial charge in [0.25, 0.3) is 5.91 Å². The van der Waals surface area contributed by atoms with Gasteiger partial charge in [-0.2, -0.15) is 13.2 Å². The second-order valence-electron chi connectivity index (χ2n) is 6.60. The number of nitrogens with one attached hydrogen (secondary N) is 3. The maximum Gasteiger partial charge on any atom is 0.416 e. The summed E-state index contributed by atoms with van der Waals surface area (Å²) in [6.07, 6.45) is -4.69. The maximum atomic E-state index is 12.7. The molecular weight excluding hydrogens is 423 g/mol. The summed E-state index contributed by atoms with van der Waals surface area (Å²) in [5, 5.41) is 5.14. The van der Waals surface area contributed by atoms with Gasteiger partial charge in [0, 0.05) is 17.3 Å². The van der Waals surface area contributed by atoms with Crippen molar-refractivity contribution in [3.05, 3.63) is 59.7 Å². The minimum Gasteiger partial charge on any atom is -0.350 e. The summed E-state index contributed by atoms with van der Waals surface area (Å²) in [5.74, 6) is -1.01. The van der Waals surface area contributed by atoms with Gasteiger partial charge in [-0.05, 0) is 56.3 Å². The van der Waals surface area contributed by atoms with Crippen molar-refractivity contribution in [2.75, 3.05) is 11.9 Å². The first-order valence-corrected chi connectivity index (χ1v) is 10.2. The Morgan fingerprint density at radius 3 is 2.23 bits per heavy atom. The summed E-state index contributed by atoms with van der Waals surface area (Å²) in [4.78, 5) is 23.3. The fourth-order valence-corrected chi connectivity index (χ4v) is 3.37. The molecule has 0 saturated carbocycles. The lowest BCUT2D eigenvalue weighted by Crippen LogP contribution is -2.33. The lowest BCUT2D eigenvalue weighted by Gasteiger charge is -2.11. The van der Waals surface area contributed by atoms with Crippen LogP contribution in [0.15, 0.2) is 53.4 Å². The van der Waals surface area contributed by atoms with Crippen molar-refractivity contribution < 1.29 is 31.2 Å². The van der Waals surface area contributed by atoms with Crippen molar-refractivity contribution in [1.29, 1.82) is 0 Å². The Bertz CT molecular complexity index is 1020. The van der Waals surface area contributed by atoms with E-state index in [1.807, 2.05) is 18.6 Å². The number of carbonyl (C=O) groups is 2. The van der Waals surface area contributed by atoms with Crippen molar-refractivity contribution in [3.63, 3.8) is 0 Å². The molecule has 0 spiro atoms. The van der Waals surface area contributed by atoms with Crippen molar-refractivity contribution in [3.8, 4) is 0 Å². The molecule has 0 heterocycles. The number of benzene rings is 2. The molecule has 0 atom stereocenters. The van der Waals surface area contributed by atoms with Crippen LogP contribution in [0, 0.1) is 0 Å². The van der Waals surface area contributed by atoms with Crippen LogP contribution < -0.4 is 15.4 Å². The Hall–Kier alpha value is -2.92. The molecule has 0 radical (unpaired) electrons. The largest absolute Gasteiger partial charge is 0.416 e. The van der Waals surface area contributed by atoms with Gasteiger partial charge in [0.15, 0.2) is 0 Å². The molecule has 7 nitrogen and oxygen atoms in total. The summed E-state index contributed by atoms with van der Waals surface area (Å²) < 4.78 is 64.5. The zero-order valence-corrected chi connectivity index (χ0v) is 16.9. The summed E-state index contributed by atoms with van der Waals surface area (Å²) >= 11 is 0. The Labute approximate surface area is 171 Å². The molecule has 2 aromatic carbocycles. The van der Waals surface area contributed by atoms with E-state index in [4.69, 9.17) is 0 Å². The zero-order valence-electron chi connectivity index (χ0n) is 16.1. The molecule has 162 valence electrons. The molecule has 0 bridgehead atoms. The van der Waals surface area contributed by atoms with Gasteiger partial charge in [-0.3, -0.25) is 9.59 Å². The number of carbonyl (C=O) groups excluding carboxylic acids is 2. The standard InChI is InChI=1S/C19H20F3N3O4S/c1-12(2)24-18(27)13-6-8-15(9-7-13)25-17(26)11-23-30(28,29)16-5-3-4-14(10-16)19(20,21)22/h3-10,12,23H,11H2,1-2H3,(H,24,27)(H,25,26). The fraction of sp³-hybridized carbons (Fsp3) is 0.263. The molecule has 0 aliphatic heterocycles. The summed E-state index contributed by atoms with van der Waals surface area (Å²) in [5.41, 5.74) is -0.414. The monoisotopic (exact) mass is 443 g/mol. The number of anilines is 1. The molecule has 0 fully saturated rings. The highest BCUT2D eigenvalue weighted by Gasteiger charge is 2.31. The van der Waals surface area contributed by atoms with Gasteiger partial charge in [-0.1, -0.05) is 6.07 Å². The van der Waals surface area contributed by atoms with Gasteiger partial charge in [-0.25, -0.2) is 13.1 Å². The minimum absolute atomic E-state index is 0.0401. The number of sulfonamides is 1. The summed E-state index contributed by atoms with van der Waals surface area (Å²) in [6, 6.07) is 9.06. The van der Waals surface area contributed by atoms with Crippen LogP contribution in [-0.2, 0) is 21.0 Å². The molecule has 2 rings (SSSR count). The van der Waals surface area contributed by atoms with Crippen LogP contribution in [0.25, 0.3) is 0 Å². The van der Waals surface area contributed by atoms with Crippen molar-refractivity contribution >= 4 is 27.5 Å². The maximum absolute atomic E-state index is 12.7. The van der Waals surface area contributed by atoms with Crippen molar-refractivity contribution in [2.24, 2.45) is 0 Å². The first-order valence-electron chi connectivity index (χ1n) is 8.76. The van der Waals surface area contributed by atoms with E-state index < -0.39 is 39.1 Å². The van der Waals surface area contributed by atoms with E-state index in [0.717, 1.165) is 18.2 Å². The molecule has 11 heteroatoms. The van der Waals surface area contributed by atoms with Crippen LogP contribution in [0.4, 0.5) is 18.9 Å². The Kier molecular flexibility index (Phi) is 7.21. The van der Waals surface area contributed by atoms with Gasteiger partial charge >= 0.3 is 6.18 Å². The van der Waals surface area contributed by atoms with Gasteiger partial charge < -0.3 is 10.6 Å². The van der Waals surface area contributed by atoms with E-state index in [-0.39, 0.29) is 11.9 Å². The summed E-state index contributed by atoms with van der Waals surface area (Å²) in [6.45, 7) is 2.94. The molecule has 2 aromatic rings. The third-order valence-electron chi connectivity index (χ3n) is 3.75. The second-order valence-corrected chi connectivity index (χ2v) is 8.37. The van der Waals surface area contributed by atoms with Crippen LogP contribution in [0.1, 0.15) is 29.8 Å². The molecule has 30 heavy (non-hydrogen) atoms. The molecule has 2 amide bonds. The predicted octanol–water partition coefficient (Wildman–Crippen LogP) is 2.76. The van der Waals surface area contributed by atoms with Crippen LogP contribution in [0.5, 0.6) is 0 Å². The molecule has 0 saturated heterocycles. The van der Waals surface area contributed by atoms with Crippen LogP contribution in [0.3, 0.4) is 0 Å². The molecule has 3 N–H and O–H groups in total. The lowest BCUT2D eigenvalue weighted by molar-refractivity contribution is -0.137.